The SMILES string of the molecule is Cc1ccc([C@H]2CC(=O)Nc3c2cnn3-c2ccc(C)cc2)cc1. The van der Waals surface area contributed by atoms with Crippen LogP contribution in [0.5, 0.6) is 0 Å². The molecule has 1 aliphatic rings. The fourth-order valence-corrected chi connectivity index (χ4v) is 3.20. The summed E-state index contributed by atoms with van der Waals surface area (Å²) in [6, 6.07) is 16.5. The molecule has 0 aliphatic carbocycles. The van der Waals surface area contributed by atoms with E-state index in [1.165, 1.54) is 11.1 Å². The summed E-state index contributed by atoms with van der Waals surface area (Å²) in [5, 5.41) is 7.52. The van der Waals surface area contributed by atoms with Gasteiger partial charge in [-0.05, 0) is 31.5 Å². The Morgan fingerprint density at radius 1 is 1.00 bits per heavy atom. The Balaban J connectivity index is 1.80. The molecule has 4 nitrogen and oxygen atoms in total. The van der Waals surface area contributed by atoms with Crippen LogP contribution in [0.2, 0.25) is 0 Å². The molecule has 1 aromatic heterocycles. The molecule has 1 aliphatic heterocycles. The van der Waals surface area contributed by atoms with Gasteiger partial charge in [0.15, 0.2) is 0 Å². The van der Waals surface area contributed by atoms with E-state index in [0.717, 1.165) is 22.6 Å². The molecular weight excluding hydrogens is 298 g/mol. The van der Waals surface area contributed by atoms with E-state index < -0.39 is 0 Å². The van der Waals surface area contributed by atoms with Crippen molar-refractivity contribution < 1.29 is 4.79 Å². The molecule has 4 heteroatoms. The molecule has 4 rings (SSSR count). The highest BCUT2D eigenvalue weighted by molar-refractivity contribution is 5.94. The second kappa shape index (κ2) is 5.64. The summed E-state index contributed by atoms with van der Waals surface area (Å²) in [5.41, 5.74) is 5.59. The summed E-state index contributed by atoms with van der Waals surface area (Å²) in [4.78, 5) is 12.3. The Bertz CT molecular complexity index is 892. The van der Waals surface area contributed by atoms with Crippen LogP contribution >= 0.6 is 0 Å². The average Bonchev–Trinajstić information content (AvgIpc) is 2.99. The van der Waals surface area contributed by atoms with Crippen molar-refractivity contribution in [2.45, 2.75) is 26.2 Å². The molecule has 0 fully saturated rings. The van der Waals surface area contributed by atoms with Crippen LogP contribution in [0.15, 0.2) is 54.7 Å². The molecule has 1 N–H and O–H groups in total. The van der Waals surface area contributed by atoms with Crippen LogP contribution < -0.4 is 5.32 Å². The van der Waals surface area contributed by atoms with Gasteiger partial charge >= 0.3 is 0 Å². The minimum absolute atomic E-state index is 0.0296. The van der Waals surface area contributed by atoms with E-state index in [1.54, 1.807) is 0 Å². The van der Waals surface area contributed by atoms with Crippen LogP contribution in [0.25, 0.3) is 5.69 Å². The van der Waals surface area contributed by atoms with Crippen molar-refractivity contribution in [2.75, 3.05) is 5.32 Å². The van der Waals surface area contributed by atoms with Gasteiger partial charge < -0.3 is 5.32 Å². The minimum atomic E-state index is 0.0296. The number of amides is 1. The first-order valence-electron chi connectivity index (χ1n) is 8.13. The van der Waals surface area contributed by atoms with Gasteiger partial charge in [0.2, 0.25) is 5.91 Å². The lowest BCUT2D eigenvalue weighted by atomic mass is 9.87. The third-order valence-corrected chi connectivity index (χ3v) is 4.58. The zero-order valence-corrected chi connectivity index (χ0v) is 13.8. The molecular formula is C20H19N3O. The van der Waals surface area contributed by atoms with Crippen LogP contribution in [0.1, 0.15) is 34.6 Å². The van der Waals surface area contributed by atoms with Crippen molar-refractivity contribution in [2.24, 2.45) is 0 Å². The van der Waals surface area contributed by atoms with Gasteiger partial charge in [-0.25, -0.2) is 4.68 Å². The topological polar surface area (TPSA) is 46.9 Å². The van der Waals surface area contributed by atoms with Gasteiger partial charge in [0.05, 0.1) is 11.9 Å². The summed E-state index contributed by atoms with van der Waals surface area (Å²) < 4.78 is 1.81. The highest BCUT2D eigenvalue weighted by Gasteiger charge is 2.30. The molecule has 24 heavy (non-hydrogen) atoms. The molecule has 0 radical (unpaired) electrons. The fraction of sp³-hybridized carbons (Fsp3) is 0.200. The van der Waals surface area contributed by atoms with E-state index in [9.17, 15) is 4.79 Å². The van der Waals surface area contributed by atoms with Gasteiger partial charge in [0, 0.05) is 17.9 Å². The number of anilines is 1. The molecule has 2 aromatic carbocycles. The van der Waals surface area contributed by atoms with Gasteiger partial charge in [-0.2, -0.15) is 5.10 Å². The lowest BCUT2D eigenvalue weighted by Gasteiger charge is -2.24. The molecule has 0 spiro atoms. The first kappa shape index (κ1) is 14.7. The van der Waals surface area contributed by atoms with Crippen molar-refractivity contribution in [1.29, 1.82) is 0 Å². The van der Waals surface area contributed by atoms with Crippen LogP contribution in [0.4, 0.5) is 5.82 Å². The molecule has 0 unspecified atom stereocenters. The number of fused-ring (bicyclic) bond motifs is 1. The Morgan fingerprint density at radius 3 is 2.29 bits per heavy atom. The van der Waals surface area contributed by atoms with E-state index in [1.807, 2.05) is 35.1 Å². The Morgan fingerprint density at radius 2 is 1.62 bits per heavy atom. The highest BCUT2D eigenvalue weighted by atomic mass is 16.1. The van der Waals surface area contributed by atoms with Crippen LogP contribution in [-0.4, -0.2) is 15.7 Å². The maximum absolute atomic E-state index is 12.3. The number of nitrogens with zero attached hydrogens (tertiary/aromatic N) is 2. The predicted octanol–water partition coefficient (Wildman–Crippen LogP) is 3.96. The zero-order chi connectivity index (χ0) is 16.7. The monoisotopic (exact) mass is 317 g/mol. The fourth-order valence-electron chi connectivity index (χ4n) is 3.20. The Hall–Kier alpha value is -2.88. The summed E-state index contributed by atoms with van der Waals surface area (Å²) >= 11 is 0. The number of benzene rings is 2. The van der Waals surface area contributed by atoms with E-state index in [0.29, 0.717) is 6.42 Å². The van der Waals surface area contributed by atoms with Crippen molar-refractivity contribution in [3.63, 3.8) is 0 Å². The van der Waals surface area contributed by atoms with Crippen LogP contribution in [-0.2, 0) is 4.79 Å². The largest absolute Gasteiger partial charge is 0.310 e. The van der Waals surface area contributed by atoms with Gasteiger partial charge in [0.1, 0.15) is 5.82 Å². The number of nitrogens with one attached hydrogen (secondary N) is 1. The molecule has 1 atom stereocenters. The second-order valence-corrected chi connectivity index (χ2v) is 6.41. The lowest BCUT2D eigenvalue weighted by molar-refractivity contribution is -0.116. The maximum Gasteiger partial charge on any atom is 0.226 e. The third-order valence-electron chi connectivity index (χ3n) is 4.58. The quantitative estimate of drug-likeness (QED) is 0.777. The summed E-state index contributed by atoms with van der Waals surface area (Å²) in [7, 11) is 0. The van der Waals surface area contributed by atoms with E-state index in [4.69, 9.17) is 0 Å². The number of rotatable bonds is 2. The molecule has 1 amide bonds. The highest BCUT2D eigenvalue weighted by Crippen LogP contribution is 2.38. The zero-order valence-electron chi connectivity index (χ0n) is 13.8. The predicted molar refractivity (Wildman–Crippen MR) is 94.6 cm³/mol. The molecule has 2 heterocycles. The molecule has 0 saturated heterocycles. The summed E-state index contributed by atoms with van der Waals surface area (Å²) in [6.07, 6.45) is 2.33. The van der Waals surface area contributed by atoms with Crippen molar-refractivity contribution in [3.05, 3.63) is 77.0 Å². The Labute approximate surface area is 141 Å². The van der Waals surface area contributed by atoms with Gasteiger partial charge in [-0.15, -0.1) is 0 Å². The van der Waals surface area contributed by atoms with E-state index in [2.05, 4.69) is 48.5 Å². The van der Waals surface area contributed by atoms with Gasteiger partial charge in [-0.3, -0.25) is 4.79 Å². The number of carbonyl (C=O) groups excluding carboxylic acids is 1. The summed E-state index contributed by atoms with van der Waals surface area (Å²) in [5.74, 6) is 0.858. The molecule has 0 saturated carbocycles. The summed E-state index contributed by atoms with van der Waals surface area (Å²) in [6.45, 7) is 4.12. The van der Waals surface area contributed by atoms with Crippen molar-refractivity contribution >= 4 is 11.7 Å². The van der Waals surface area contributed by atoms with Crippen LogP contribution in [0, 0.1) is 13.8 Å². The van der Waals surface area contributed by atoms with Gasteiger partial charge in [-0.1, -0.05) is 47.5 Å². The normalized spacial score (nSPS) is 16.6. The Kier molecular flexibility index (Phi) is 3.45. The first-order chi connectivity index (χ1) is 11.6. The number of hydrogen-bond acceptors (Lipinski definition) is 2. The van der Waals surface area contributed by atoms with Crippen LogP contribution in [0.3, 0.4) is 0 Å². The number of hydrogen-bond donors (Lipinski definition) is 1. The van der Waals surface area contributed by atoms with E-state index >= 15 is 0 Å². The molecule has 0 bridgehead atoms. The van der Waals surface area contributed by atoms with Crippen molar-refractivity contribution in [1.82, 2.24) is 9.78 Å². The number of carbonyl (C=O) groups is 1. The smallest absolute Gasteiger partial charge is 0.226 e. The van der Waals surface area contributed by atoms with E-state index in [-0.39, 0.29) is 11.8 Å². The lowest BCUT2D eigenvalue weighted by Crippen LogP contribution is -2.24. The molecule has 120 valence electrons. The number of aromatic nitrogens is 2. The standard InChI is InChI=1S/C20H19N3O/c1-13-3-7-15(8-4-13)17-11-19(24)22-20-18(17)12-21-23(20)16-9-5-14(2)6-10-16/h3-10,12,17H,11H2,1-2H3,(H,22,24)/t17-/m1/s1. The maximum atomic E-state index is 12.3. The third kappa shape index (κ3) is 2.50. The molecule has 3 aromatic rings. The average molecular weight is 317 g/mol. The van der Waals surface area contributed by atoms with Crippen molar-refractivity contribution in [3.8, 4) is 5.69 Å². The minimum Gasteiger partial charge on any atom is -0.310 e. The van der Waals surface area contributed by atoms with Gasteiger partial charge in [0.25, 0.3) is 0 Å². The second-order valence-electron chi connectivity index (χ2n) is 6.41. The first-order valence-corrected chi connectivity index (χ1v) is 8.13. The number of aryl methyl sites for hydroxylation is 2.